The van der Waals surface area contributed by atoms with Crippen LogP contribution in [0.5, 0.6) is 5.75 Å². The predicted octanol–water partition coefficient (Wildman–Crippen LogP) is 2.24. The molecule has 92 valence electrons. The fourth-order valence-corrected chi connectivity index (χ4v) is 3.11. The van der Waals surface area contributed by atoms with Gasteiger partial charge in [-0.2, -0.15) is 0 Å². The molecule has 2 aliphatic rings. The summed E-state index contributed by atoms with van der Waals surface area (Å²) in [6.07, 6.45) is 1.07. The Morgan fingerprint density at radius 2 is 2.06 bits per heavy atom. The Hall–Kier alpha value is -1.06. The molecule has 3 rings (SSSR count). The summed E-state index contributed by atoms with van der Waals surface area (Å²) in [6.45, 7) is 5.97. The van der Waals surface area contributed by atoms with Gasteiger partial charge in [0.25, 0.3) is 0 Å². The van der Waals surface area contributed by atoms with Gasteiger partial charge >= 0.3 is 0 Å². The lowest BCUT2D eigenvalue weighted by atomic mass is 9.97. The fourth-order valence-electron chi connectivity index (χ4n) is 3.11. The molecule has 0 spiro atoms. The normalized spacial score (nSPS) is 27.9. The number of ether oxygens (including phenoxy) is 1. The van der Waals surface area contributed by atoms with E-state index in [-0.39, 0.29) is 6.04 Å². The van der Waals surface area contributed by atoms with Crippen LogP contribution in [0.25, 0.3) is 0 Å². The minimum Gasteiger partial charge on any atom is -0.508 e. The van der Waals surface area contributed by atoms with Crippen molar-refractivity contribution >= 4 is 0 Å². The number of hydrogen-bond acceptors (Lipinski definition) is 3. The van der Waals surface area contributed by atoms with Gasteiger partial charge in [0.05, 0.1) is 19.3 Å². The Labute approximate surface area is 102 Å². The number of nitrogens with one attached hydrogen (secondary N) is 1. The first-order valence-corrected chi connectivity index (χ1v) is 6.33. The number of phenols is 1. The van der Waals surface area contributed by atoms with E-state index in [0.29, 0.717) is 17.7 Å². The zero-order valence-corrected chi connectivity index (χ0v) is 10.4. The van der Waals surface area contributed by atoms with Crippen molar-refractivity contribution in [1.82, 2.24) is 5.32 Å². The number of rotatable bonds is 2. The summed E-state index contributed by atoms with van der Waals surface area (Å²) in [6, 6.07) is 4.57. The van der Waals surface area contributed by atoms with Crippen LogP contribution in [-0.2, 0) is 4.74 Å². The molecular weight excluding hydrogens is 214 g/mol. The van der Waals surface area contributed by atoms with Crippen LogP contribution in [-0.4, -0.2) is 24.4 Å². The zero-order valence-electron chi connectivity index (χ0n) is 10.4. The highest BCUT2D eigenvalue weighted by Crippen LogP contribution is 2.46. The maximum absolute atomic E-state index is 10.1. The maximum Gasteiger partial charge on any atom is 0.120 e. The number of aryl methyl sites for hydroxylation is 1. The average molecular weight is 233 g/mol. The van der Waals surface area contributed by atoms with E-state index >= 15 is 0 Å². The SMILES string of the molecule is Cc1ccc(O)c2c1C(C)CC2NC1COC1. The molecule has 0 saturated carbocycles. The van der Waals surface area contributed by atoms with E-state index in [4.69, 9.17) is 4.74 Å². The van der Waals surface area contributed by atoms with Crippen molar-refractivity contribution in [3.05, 3.63) is 28.8 Å². The van der Waals surface area contributed by atoms with Crippen LogP contribution in [0, 0.1) is 6.92 Å². The second kappa shape index (κ2) is 4.00. The van der Waals surface area contributed by atoms with Gasteiger partial charge in [-0.15, -0.1) is 0 Å². The minimum atomic E-state index is 0.286. The van der Waals surface area contributed by atoms with Gasteiger partial charge in [-0.1, -0.05) is 13.0 Å². The quantitative estimate of drug-likeness (QED) is 0.823. The molecule has 3 nitrogen and oxygen atoms in total. The molecule has 1 saturated heterocycles. The molecule has 0 radical (unpaired) electrons. The highest BCUT2D eigenvalue weighted by molar-refractivity contribution is 5.50. The summed E-state index contributed by atoms with van der Waals surface area (Å²) >= 11 is 0. The first-order valence-electron chi connectivity index (χ1n) is 6.33. The van der Waals surface area contributed by atoms with Crippen molar-refractivity contribution in [3.8, 4) is 5.75 Å². The van der Waals surface area contributed by atoms with Gasteiger partial charge in [0.15, 0.2) is 0 Å². The maximum atomic E-state index is 10.1. The molecule has 0 amide bonds. The van der Waals surface area contributed by atoms with Crippen LogP contribution in [0.3, 0.4) is 0 Å². The summed E-state index contributed by atoms with van der Waals surface area (Å²) in [7, 11) is 0. The Balaban J connectivity index is 1.94. The third-order valence-corrected chi connectivity index (χ3v) is 3.99. The summed E-state index contributed by atoms with van der Waals surface area (Å²) in [5.41, 5.74) is 3.74. The monoisotopic (exact) mass is 233 g/mol. The molecule has 1 aliphatic carbocycles. The molecule has 1 aromatic rings. The first kappa shape index (κ1) is 11.1. The highest BCUT2D eigenvalue weighted by atomic mass is 16.5. The van der Waals surface area contributed by atoms with E-state index < -0.39 is 0 Å². The molecule has 2 N–H and O–H groups in total. The molecule has 2 unspecified atom stereocenters. The summed E-state index contributed by atoms with van der Waals surface area (Å²) in [5, 5.41) is 13.7. The standard InChI is InChI=1S/C14H19NO2/c1-8-3-4-12(16)14-11(5-9(2)13(8)14)15-10-6-17-7-10/h3-4,9-11,15-16H,5-7H2,1-2H3. The molecule has 17 heavy (non-hydrogen) atoms. The van der Waals surface area contributed by atoms with Crippen LogP contribution >= 0.6 is 0 Å². The van der Waals surface area contributed by atoms with E-state index in [2.05, 4.69) is 19.2 Å². The molecule has 1 heterocycles. The lowest BCUT2D eigenvalue weighted by molar-refractivity contribution is -0.0103. The average Bonchev–Trinajstić information content (AvgIpc) is 2.56. The molecule has 1 aromatic carbocycles. The van der Waals surface area contributed by atoms with Gasteiger partial charge in [-0.3, -0.25) is 0 Å². The number of hydrogen-bond donors (Lipinski definition) is 2. The topological polar surface area (TPSA) is 41.5 Å². The predicted molar refractivity (Wildman–Crippen MR) is 66.4 cm³/mol. The van der Waals surface area contributed by atoms with Gasteiger partial charge in [-0.05, 0) is 36.5 Å². The molecule has 1 aliphatic heterocycles. The lowest BCUT2D eigenvalue weighted by Crippen LogP contribution is -2.47. The molecule has 1 fully saturated rings. The van der Waals surface area contributed by atoms with E-state index in [1.54, 1.807) is 0 Å². The second-order valence-corrected chi connectivity index (χ2v) is 5.32. The zero-order chi connectivity index (χ0) is 12.0. The van der Waals surface area contributed by atoms with Gasteiger partial charge in [0.1, 0.15) is 5.75 Å². The fraction of sp³-hybridized carbons (Fsp3) is 0.571. The van der Waals surface area contributed by atoms with E-state index in [9.17, 15) is 5.11 Å². The second-order valence-electron chi connectivity index (χ2n) is 5.32. The summed E-state index contributed by atoms with van der Waals surface area (Å²) in [4.78, 5) is 0. The number of aromatic hydroxyl groups is 1. The van der Waals surface area contributed by atoms with Crippen molar-refractivity contribution in [3.63, 3.8) is 0 Å². The Morgan fingerprint density at radius 1 is 1.29 bits per heavy atom. The van der Waals surface area contributed by atoms with Gasteiger partial charge < -0.3 is 15.2 Å². The van der Waals surface area contributed by atoms with Crippen LogP contribution in [0.2, 0.25) is 0 Å². The summed E-state index contributed by atoms with van der Waals surface area (Å²) in [5.74, 6) is 0.961. The number of fused-ring (bicyclic) bond motifs is 1. The van der Waals surface area contributed by atoms with Gasteiger partial charge in [0.2, 0.25) is 0 Å². The van der Waals surface area contributed by atoms with E-state index in [1.165, 1.54) is 11.1 Å². The Bertz CT molecular complexity index is 440. The Morgan fingerprint density at radius 3 is 2.71 bits per heavy atom. The number of phenolic OH excluding ortho intramolecular Hbond substituents is 1. The lowest BCUT2D eigenvalue weighted by Gasteiger charge is -2.30. The molecule has 2 atom stereocenters. The van der Waals surface area contributed by atoms with Crippen LogP contribution in [0.4, 0.5) is 0 Å². The van der Waals surface area contributed by atoms with Crippen molar-refractivity contribution in [2.75, 3.05) is 13.2 Å². The van der Waals surface area contributed by atoms with E-state index in [0.717, 1.165) is 25.2 Å². The molecule has 0 bridgehead atoms. The Kier molecular flexibility index (Phi) is 2.60. The van der Waals surface area contributed by atoms with Crippen LogP contribution in [0.1, 0.15) is 42.0 Å². The smallest absolute Gasteiger partial charge is 0.120 e. The molecular formula is C14H19NO2. The number of benzene rings is 1. The van der Waals surface area contributed by atoms with Crippen molar-refractivity contribution in [1.29, 1.82) is 0 Å². The van der Waals surface area contributed by atoms with Crippen molar-refractivity contribution in [2.24, 2.45) is 0 Å². The van der Waals surface area contributed by atoms with Crippen molar-refractivity contribution < 1.29 is 9.84 Å². The van der Waals surface area contributed by atoms with Crippen LogP contribution in [0.15, 0.2) is 12.1 Å². The summed E-state index contributed by atoms with van der Waals surface area (Å²) < 4.78 is 5.19. The van der Waals surface area contributed by atoms with Gasteiger partial charge in [0, 0.05) is 11.6 Å². The van der Waals surface area contributed by atoms with E-state index in [1.807, 2.05) is 12.1 Å². The molecule has 0 aromatic heterocycles. The third-order valence-electron chi connectivity index (χ3n) is 3.99. The third kappa shape index (κ3) is 1.74. The highest BCUT2D eigenvalue weighted by Gasteiger charge is 2.34. The minimum absolute atomic E-state index is 0.286. The van der Waals surface area contributed by atoms with Crippen molar-refractivity contribution in [2.45, 2.75) is 38.3 Å². The first-order chi connectivity index (χ1) is 8.16. The largest absolute Gasteiger partial charge is 0.508 e. The molecule has 3 heteroatoms. The van der Waals surface area contributed by atoms with Gasteiger partial charge in [-0.25, -0.2) is 0 Å². The van der Waals surface area contributed by atoms with Crippen LogP contribution < -0.4 is 5.32 Å².